The smallest absolute Gasteiger partial charge is 0.252 e. The SMILES string of the molecule is CC(C)CN(C)C(=O)CCNC(=O)c1ccsc1. The third-order valence-corrected chi connectivity index (χ3v) is 3.16. The molecule has 0 aliphatic rings. The van der Waals surface area contributed by atoms with Gasteiger partial charge in [-0.05, 0) is 17.4 Å². The van der Waals surface area contributed by atoms with Crippen molar-refractivity contribution >= 4 is 23.2 Å². The Kier molecular flexibility index (Phi) is 5.85. The van der Waals surface area contributed by atoms with Gasteiger partial charge in [0.2, 0.25) is 5.91 Å². The van der Waals surface area contributed by atoms with Gasteiger partial charge in [0.05, 0.1) is 0 Å². The molecule has 1 aromatic rings. The van der Waals surface area contributed by atoms with E-state index in [1.807, 2.05) is 5.38 Å². The molecule has 5 heteroatoms. The maximum absolute atomic E-state index is 11.7. The first-order valence-electron chi connectivity index (χ1n) is 6.05. The van der Waals surface area contributed by atoms with Gasteiger partial charge in [-0.2, -0.15) is 11.3 Å². The van der Waals surface area contributed by atoms with E-state index in [0.717, 1.165) is 6.54 Å². The molecule has 0 radical (unpaired) electrons. The number of hydrogen-bond acceptors (Lipinski definition) is 3. The zero-order valence-corrected chi connectivity index (χ0v) is 11.9. The predicted molar refractivity (Wildman–Crippen MR) is 73.7 cm³/mol. The molecule has 0 atom stereocenters. The summed E-state index contributed by atoms with van der Waals surface area (Å²) in [6, 6.07) is 1.77. The van der Waals surface area contributed by atoms with Gasteiger partial charge in [-0.3, -0.25) is 9.59 Å². The van der Waals surface area contributed by atoms with E-state index in [1.165, 1.54) is 11.3 Å². The first-order valence-corrected chi connectivity index (χ1v) is 6.99. The van der Waals surface area contributed by atoms with Crippen molar-refractivity contribution < 1.29 is 9.59 Å². The average Bonchev–Trinajstić information content (AvgIpc) is 2.81. The summed E-state index contributed by atoms with van der Waals surface area (Å²) in [6.45, 7) is 5.28. The summed E-state index contributed by atoms with van der Waals surface area (Å²) in [7, 11) is 1.79. The molecule has 1 N–H and O–H groups in total. The van der Waals surface area contributed by atoms with Gasteiger partial charge in [0, 0.05) is 37.5 Å². The Hall–Kier alpha value is -1.36. The highest BCUT2D eigenvalue weighted by Gasteiger charge is 2.11. The van der Waals surface area contributed by atoms with Crippen LogP contribution in [-0.4, -0.2) is 36.9 Å². The van der Waals surface area contributed by atoms with Gasteiger partial charge in [0.1, 0.15) is 0 Å². The van der Waals surface area contributed by atoms with E-state index in [-0.39, 0.29) is 11.8 Å². The Morgan fingerprint density at radius 1 is 1.44 bits per heavy atom. The molecule has 0 fully saturated rings. The summed E-state index contributed by atoms with van der Waals surface area (Å²) in [5.41, 5.74) is 0.656. The fraction of sp³-hybridized carbons (Fsp3) is 0.538. The second-order valence-electron chi connectivity index (χ2n) is 4.69. The molecule has 0 aliphatic heterocycles. The molecule has 4 nitrogen and oxygen atoms in total. The Bertz CT molecular complexity index is 388. The lowest BCUT2D eigenvalue weighted by Gasteiger charge is -2.19. The Morgan fingerprint density at radius 2 is 2.17 bits per heavy atom. The van der Waals surface area contributed by atoms with E-state index in [1.54, 1.807) is 23.4 Å². The maximum Gasteiger partial charge on any atom is 0.252 e. The molecule has 0 saturated heterocycles. The zero-order chi connectivity index (χ0) is 13.5. The maximum atomic E-state index is 11.7. The summed E-state index contributed by atoms with van der Waals surface area (Å²) in [5.74, 6) is 0.407. The van der Waals surface area contributed by atoms with Crippen molar-refractivity contribution in [3.8, 4) is 0 Å². The topological polar surface area (TPSA) is 49.4 Å². The predicted octanol–water partition coefficient (Wildman–Crippen LogP) is 1.98. The highest BCUT2D eigenvalue weighted by atomic mass is 32.1. The van der Waals surface area contributed by atoms with Crippen molar-refractivity contribution in [2.24, 2.45) is 5.92 Å². The highest BCUT2D eigenvalue weighted by molar-refractivity contribution is 7.08. The van der Waals surface area contributed by atoms with Gasteiger partial charge >= 0.3 is 0 Å². The van der Waals surface area contributed by atoms with E-state index >= 15 is 0 Å². The molecule has 0 aliphatic carbocycles. The number of nitrogens with zero attached hydrogens (tertiary/aromatic N) is 1. The first kappa shape index (κ1) is 14.7. The molecule has 0 spiro atoms. The fourth-order valence-electron chi connectivity index (χ4n) is 1.62. The van der Waals surface area contributed by atoms with Crippen molar-refractivity contribution in [3.63, 3.8) is 0 Å². The molecule has 1 heterocycles. The molecule has 0 bridgehead atoms. The number of rotatable bonds is 6. The molecule has 1 rings (SSSR count). The molecule has 0 saturated carbocycles. The summed E-state index contributed by atoms with van der Waals surface area (Å²) in [5, 5.41) is 6.40. The van der Waals surface area contributed by atoms with Crippen LogP contribution in [0.4, 0.5) is 0 Å². The molecular weight excluding hydrogens is 248 g/mol. The van der Waals surface area contributed by atoms with Crippen LogP contribution in [0, 0.1) is 5.92 Å². The van der Waals surface area contributed by atoms with Crippen molar-refractivity contribution in [2.75, 3.05) is 20.1 Å². The molecule has 2 amide bonds. The van der Waals surface area contributed by atoms with Crippen molar-refractivity contribution in [1.29, 1.82) is 0 Å². The number of nitrogens with one attached hydrogen (secondary N) is 1. The third kappa shape index (κ3) is 4.87. The Balaban J connectivity index is 2.25. The minimum atomic E-state index is -0.115. The molecule has 1 aromatic heterocycles. The molecule has 100 valence electrons. The van der Waals surface area contributed by atoms with Crippen molar-refractivity contribution in [2.45, 2.75) is 20.3 Å². The summed E-state index contributed by atoms with van der Waals surface area (Å²) in [4.78, 5) is 25.0. The van der Waals surface area contributed by atoms with Crippen LogP contribution in [0.3, 0.4) is 0 Å². The van der Waals surface area contributed by atoms with Crippen molar-refractivity contribution in [3.05, 3.63) is 22.4 Å². The third-order valence-electron chi connectivity index (χ3n) is 2.47. The lowest BCUT2D eigenvalue weighted by Crippen LogP contribution is -2.33. The molecule has 0 unspecified atom stereocenters. The van der Waals surface area contributed by atoms with E-state index < -0.39 is 0 Å². The zero-order valence-electron chi connectivity index (χ0n) is 11.1. The largest absolute Gasteiger partial charge is 0.351 e. The second kappa shape index (κ2) is 7.16. The summed E-state index contributed by atoms with van der Waals surface area (Å²) in [6.07, 6.45) is 0.346. The monoisotopic (exact) mass is 268 g/mol. The van der Waals surface area contributed by atoms with Gasteiger partial charge in [-0.15, -0.1) is 0 Å². The van der Waals surface area contributed by atoms with E-state index in [0.29, 0.717) is 24.4 Å². The van der Waals surface area contributed by atoms with Crippen LogP contribution in [0.5, 0.6) is 0 Å². The van der Waals surface area contributed by atoms with Crippen LogP contribution in [0.15, 0.2) is 16.8 Å². The Labute approximate surface area is 112 Å². The minimum Gasteiger partial charge on any atom is -0.351 e. The van der Waals surface area contributed by atoms with Crippen LogP contribution in [0.1, 0.15) is 30.6 Å². The first-order chi connectivity index (χ1) is 8.50. The number of carbonyl (C=O) groups is 2. The van der Waals surface area contributed by atoms with Crippen LogP contribution in [-0.2, 0) is 4.79 Å². The number of carbonyl (C=O) groups excluding carboxylic acids is 2. The lowest BCUT2D eigenvalue weighted by molar-refractivity contribution is -0.130. The Morgan fingerprint density at radius 3 is 2.72 bits per heavy atom. The van der Waals surface area contributed by atoms with Gasteiger partial charge in [-0.1, -0.05) is 13.8 Å². The van der Waals surface area contributed by atoms with E-state index in [4.69, 9.17) is 0 Å². The molecular formula is C13H20N2O2S. The minimum absolute atomic E-state index is 0.0642. The summed E-state index contributed by atoms with van der Waals surface area (Å²) < 4.78 is 0. The van der Waals surface area contributed by atoms with Gasteiger partial charge in [0.25, 0.3) is 5.91 Å². The standard InChI is InChI=1S/C13H20N2O2S/c1-10(2)8-15(3)12(16)4-6-14-13(17)11-5-7-18-9-11/h5,7,9-10H,4,6,8H2,1-3H3,(H,14,17). The average molecular weight is 268 g/mol. The van der Waals surface area contributed by atoms with Gasteiger partial charge < -0.3 is 10.2 Å². The van der Waals surface area contributed by atoms with Crippen LogP contribution in [0.25, 0.3) is 0 Å². The molecule has 0 aromatic carbocycles. The van der Waals surface area contributed by atoms with Crippen LogP contribution >= 0.6 is 11.3 Å². The van der Waals surface area contributed by atoms with Crippen LogP contribution in [0.2, 0.25) is 0 Å². The quantitative estimate of drug-likeness (QED) is 0.857. The van der Waals surface area contributed by atoms with Crippen LogP contribution < -0.4 is 5.32 Å². The van der Waals surface area contributed by atoms with Gasteiger partial charge in [-0.25, -0.2) is 0 Å². The normalized spacial score (nSPS) is 10.4. The number of amides is 2. The number of hydrogen-bond donors (Lipinski definition) is 1. The second-order valence-corrected chi connectivity index (χ2v) is 5.47. The lowest BCUT2D eigenvalue weighted by atomic mass is 10.2. The highest BCUT2D eigenvalue weighted by Crippen LogP contribution is 2.05. The molecule has 18 heavy (non-hydrogen) atoms. The fourth-order valence-corrected chi connectivity index (χ4v) is 2.26. The summed E-state index contributed by atoms with van der Waals surface area (Å²) >= 11 is 1.48. The van der Waals surface area contributed by atoms with E-state index in [2.05, 4.69) is 19.2 Å². The van der Waals surface area contributed by atoms with Gasteiger partial charge in [0.15, 0.2) is 0 Å². The number of thiophene rings is 1. The van der Waals surface area contributed by atoms with E-state index in [9.17, 15) is 9.59 Å². The van der Waals surface area contributed by atoms with Crippen molar-refractivity contribution in [1.82, 2.24) is 10.2 Å².